The zero-order chi connectivity index (χ0) is 17.2. The van der Waals surface area contributed by atoms with Gasteiger partial charge in [0.2, 0.25) is 5.91 Å². The molecule has 1 aromatic carbocycles. The van der Waals surface area contributed by atoms with Crippen LogP contribution in [0, 0.1) is 6.92 Å². The number of rotatable bonds is 5. The predicted molar refractivity (Wildman–Crippen MR) is 97.2 cm³/mol. The number of benzene rings is 1. The average Bonchev–Trinajstić information content (AvgIpc) is 2.81. The van der Waals surface area contributed by atoms with E-state index in [0.717, 1.165) is 33.9 Å². The van der Waals surface area contributed by atoms with Crippen molar-refractivity contribution in [2.75, 3.05) is 26.9 Å². The molecule has 0 atom stereocenters. The van der Waals surface area contributed by atoms with Gasteiger partial charge in [0.15, 0.2) is 0 Å². The summed E-state index contributed by atoms with van der Waals surface area (Å²) in [5.74, 6) is 0.00491. The lowest BCUT2D eigenvalue weighted by molar-refractivity contribution is -0.126. The molecule has 1 N–H and O–H groups in total. The van der Waals surface area contributed by atoms with Crippen LogP contribution in [-0.2, 0) is 20.8 Å². The number of methoxy groups -OCH3 is 1. The van der Waals surface area contributed by atoms with Gasteiger partial charge in [0.25, 0.3) is 0 Å². The Kier molecular flexibility index (Phi) is 5.27. The molecule has 1 aliphatic rings. The summed E-state index contributed by atoms with van der Waals surface area (Å²) in [7, 11) is 1.67. The fraction of sp³-hybridized carbons (Fsp3) is 0.500. The van der Waals surface area contributed by atoms with E-state index in [1.807, 2.05) is 25.1 Å². The highest BCUT2D eigenvalue weighted by molar-refractivity contribution is 9.10. The first-order valence-corrected chi connectivity index (χ1v) is 8.97. The Morgan fingerprint density at radius 3 is 2.79 bits per heavy atom. The van der Waals surface area contributed by atoms with E-state index in [2.05, 4.69) is 31.9 Å². The first kappa shape index (κ1) is 17.5. The molecule has 1 fully saturated rings. The summed E-state index contributed by atoms with van der Waals surface area (Å²) in [6.07, 6.45) is 1.56. The van der Waals surface area contributed by atoms with Gasteiger partial charge < -0.3 is 19.4 Å². The monoisotopic (exact) mass is 394 g/mol. The van der Waals surface area contributed by atoms with E-state index in [1.165, 1.54) is 0 Å². The average molecular weight is 395 g/mol. The van der Waals surface area contributed by atoms with Crippen LogP contribution in [0.2, 0.25) is 0 Å². The lowest BCUT2D eigenvalue weighted by atomic mass is 9.91. The minimum atomic E-state index is -0.321. The highest BCUT2D eigenvalue weighted by atomic mass is 79.9. The van der Waals surface area contributed by atoms with E-state index in [4.69, 9.17) is 9.47 Å². The lowest BCUT2D eigenvalue weighted by Crippen LogP contribution is -2.55. The molecular weight excluding hydrogens is 372 g/mol. The van der Waals surface area contributed by atoms with Crippen molar-refractivity contribution in [3.8, 4) is 0 Å². The number of hydrogen-bond donors (Lipinski definition) is 1. The minimum Gasteiger partial charge on any atom is -0.382 e. The summed E-state index contributed by atoms with van der Waals surface area (Å²) in [5, 5.41) is 4.33. The lowest BCUT2D eigenvalue weighted by Gasteiger charge is -2.37. The highest BCUT2D eigenvalue weighted by Crippen LogP contribution is 2.30. The van der Waals surface area contributed by atoms with Gasteiger partial charge in [-0.3, -0.25) is 4.79 Å². The topological polar surface area (TPSA) is 52.5 Å². The first-order chi connectivity index (χ1) is 11.6. The van der Waals surface area contributed by atoms with Crippen LogP contribution in [0.5, 0.6) is 0 Å². The second-order valence-electron chi connectivity index (χ2n) is 6.38. The quantitative estimate of drug-likeness (QED) is 0.847. The van der Waals surface area contributed by atoms with Crippen LogP contribution in [0.25, 0.3) is 10.9 Å². The number of amides is 1. The summed E-state index contributed by atoms with van der Waals surface area (Å²) in [4.78, 5) is 12.7. The molecule has 5 nitrogen and oxygen atoms in total. The third-order valence-electron chi connectivity index (χ3n) is 4.73. The number of para-hydroxylation sites is 1. The van der Waals surface area contributed by atoms with Crippen LogP contribution in [0.1, 0.15) is 18.5 Å². The molecule has 1 aromatic heterocycles. The number of hydrogen-bond acceptors (Lipinski definition) is 3. The Morgan fingerprint density at radius 2 is 2.08 bits per heavy atom. The van der Waals surface area contributed by atoms with Crippen LogP contribution in [0.3, 0.4) is 0 Å². The number of nitrogens with one attached hydrogen (secondary N) is 1. The van der Waals surface area contributed by atoms with Gasteiger partial charge in [-0.25, -0.2) is 0 Å². The van der Waals surface area contributed by atoms with E-state index in [1.54, 1.807) is 7.11 Å². The molecule has 2 heterocycles. The van der Waals surface area contributed by atoms with Gasteiger partial charge in [0, 0.05) is 41.4 Å². The van der Waals surface area contributed by atoms with Crippen molar-refractivity contribution in [2.45, 2.75) is 31.8 Å². The summed E-state index contributed by atoms with van der Waals surface area (Å²) < 4.78 is 13.9. The number of carbonyl (C=O) groups excluding carboxylic acids is 1. The summed E-state index contributed by atoms with van der Waals surface area (Å²) in [6.45, 7) is 4.14. The summed E-state index contributed by atoms with van der Waals surface area (Å²) in [5.41, 5.74) is 1.79. The molecule has 0 radical (unpaired) electrons. The maximum absolute atomic E-state index is 12.7. The van der Waals surface area contributed by atoms with Crippen LogP contribution >= 0.6 is 15.9 Å². The van der Waals surface area contributed by atoms with Gasteiger partial charge in [0.05, 0.1) is 12.1 Å². The summed E-state index contributed by atoms with van der Waals surface area (Å²) >= 11 is 3.64. The zero-order valence-electron chi connectivity index (χ0n) is 14.1. The molecule has 130 valence electrons. The van der Waals surface area contributed by atoms with Gasteiger partial charge in [0.1, 0.15) is 6.54 Å². The number of nitrogens with zero attached hydrogens (tertiary/aromatic N) is 1. The van der Waals surface area contributed by atoms with Gasteiger partial charge in [-0.05, 0) is 41.8 Å². The SMILES string of the molecule is COCC1(NC(=O)Cn2c(C)c(Br)c3ccccc32)CCOCC1. The Hall–Kier alpha value is -1.37. The molecule has 0 aliphatic carbocycles. The van der Waals surface area contributed by atoms with Crippen LogP contribution in [-0.4, -0.2) is 42.9 Å². The van der Waals surface area contributed by atoms with Crippen molar-refractivity contribution in [1.29, 1.82) is 0 Å². The minimum absolute atomic E-state index is 0.00491. The van der Waals surface area contributed by atoms with Gasteiger partial charge in [-0.1, -0.05) is 18.2 Å². The van der Waals surface area contributed by atoms with E-state index in [9.17, 15) is 4.79 Å². The molecule has 0 bridgehead atoms. The molecule has 1 saturated heterocycles. The van der Waals surface area contributed by atoms with Crippen LogP contribution in [0.15, 0.2) is 28.7 Å². The number of halogens is 1. The first-order valence-electron chi connectivity index (χ1n) is 8.17. The van der Waals surface area contributed by atoms with Crippen molar-refractivity contribution in [3.63, 3.8) is 0 Å². The van der Waals surface area contributed by atoms with E-state index >= 15 is 0 Å². The third kappa shape index (κ3) is 3.36. The highest BCUT2D eigenvalue weighted by Gasteiger charge is 2.34. The van der Waals surface area contributed by atoms with Crippen molar-refractivity contribution in [2.24, 2.45) is 0 Å². The van der Waals surface area contributed by atoms with E-state index in [0.29, 0.717) is 26.4 Å². The van der Waals surface area contributed by atoms with Crippen molar-refractivity contribution in [1.82, 2.24) is 9.88 Å². The Bertz CT molecular complexity index is 730. The van der Waals surface area contributed by atoms with Gasteiger partial charge in [-0.15, -0.1) is 0 Å². The standard InChI is InChI=1S/C18H23BrN2O3/c1-13-17(19)14-5-3-4-6-15(14)21(13)11-16(22)20-18(12-23-2)7-9-24-10-8-18/h3-6H,7-12H2,1-2H3,(H,20,22). The molecule has 0 unspecified atom stereocenters. The summed E-state index contributed by atoms with van der Waals surface area (Å²) in [6, 6.07) is 8.10. The molecule has 0 spiro atoms. The maximum atomic E-state index is 12.7. The van der Waals surface area contributed by atoms with E-state index in [-0.39, 0.29) is 11.4 Å². The molecule has 1 amide bonds. The molecule has 6 heteroatoms. The van der Waals surface area contributed by atoms with Crippen molar-refractivity contribution >= 4 is 32.7 Å². The molecule has 3 rings (SSSR count). The molecule has 24 heavy (non-hydrogen) atoms. The van der Waals surface area contributed by atoms with Crippen LogP contribution < -0.4 is 5.32 Å². The normalized spacial score (nSPS) is 17.1. The smallest absolute Gasteiger partial charge is 0.240 e. The number of ether oxygens (including phenoxy) is 2. The molecular formula is C18H23BrN2O3. The number of fused-ring (bicyclic) bond motifs is 1. The molecule has 1 aliphatic heterocycles. The van der Waals surface area contributed by atoms with E-state index < -0.39 is 0 Å². The molecule has 2 aromatic rings. The second kappa shape index (κ2) is 7.25. The molecule has 0 saturated carbocycles. The largest absolute Gasteiger partial charge is 0.382 e. The Balaban J connectivity index is 1.81. The van der Waals surface area contributed by atoms with Gasteiger partial charge in [-0.2, -0.15) is 0 Å². The maximum Gasteiger partial charge on any atom is 0.240 e. The van der Waals surface area contributed by atoms with Crippen molar-refractivity contribution < 1.29 is 14.3 Å². The predicted octanol–water partition coefficient (Wildman–Crippen LogP) is 3.02. The number of carbonyl (C=O) groups is 1. The van der Waals surface area contributed by atoms with Crippen LogP contribution in [0.4, 0.5) is 0 Å². The Labute approximate surface area is 150 Å². The zero-order valence-corrected chi connectivity index (χ0v) is 15.7. The number of aromatic nitrogens is 1. The van der Waals surface area contributed by atoms with Gasteiger partial charge >= 0.3 is 0 Å². The van der Waals surface area contributed by atoms with Crippen molar-refractivity contribution in [3.05, 3.63) is 34.4 Å². The third-order valence-corrected chi connectivity index (χ3v) is 5.73. The second-order valence-corrected chi connectivity index (χ2v) is 7.17. The Morgan fingerprint density at radius 1 is 1.38 bits per heavy atom. The fourth-order valence-electron chi connectivity index (χ4n) is 3.42. The fourth-order valence-corrected chi connectivity index (χ4v) is 3.96.